The highest BCUT2D eigenvalue weighted by Gasteiger charge is 2.26. The second kappa shape index (κ2) is 7.85. The monoisotopic (exact) mass is 281 g/mol. The summed E-state index contributed by atoms with van der Waals surface area (Å²) < 4.78 is 9.50. The van der Waals surface area contributed by atoms with Crippen molar-refractivity contribution in [1.82, 2.24) is 4.90 Å². The van der Waals surface area contributed by atoms with Gasteiger partial charge in [-0.05, 0) is 19.5 Å². The zero-order valence-electron chi connectivity index (χ0n) is 12.7. The van der Waals surface area contributed by atoms with Gasteiger partial charge in [-0.25, -0.2) is 9.59 Å². The highest BCUT2D eigenvalue weighted by molar-refractivity contribution is 6.01. The van der Waals surface area contributed by atoms with Gasteiger partial charge in [0.25, 0.3) is 0 Å². The van der Waals surface area contributed by atoms with Gasteiger partial charge in [-0.15, -0.1) is 0 Å². The van der Waals surface area contributed by atoms with Crippen LogP contribution >= 0.6 is 0 Å². The first kappa shape index (κ1) is 16.4. The molecule has 0 heterocycles. The van der Waals surface area contributed by atoms with Gasteiger partial charge in [0, 0.05) is 13.0 Å². The molecule has 1 rings (SSSR count). The number of hydrogen-bond acceptors (Lipinski definition) is 5. The maximum atomic E-state index is 11.8. The number of allylic oxidation sites excluding steroid dienone is 1. The lowest BCUT2D eigenvalue weighted by molar-refractivity contribution is -0.139. The number of hydrogen-bond donors (Lipinski definition) is 0. The molecule has 0 aromatic rings. The molecule has 5 nitrogen and oxygen atoms in total. The van der Waals surface area contributed by atoms with Gasteiger partial charge >= 0.3 is 11.9 Å². The lowest BCUT2D eigenvalue weighted by atomic mass is 9.91. The SMILES string of the molecule is CCN(CC)CC1=CCC(C(=O)OC)=C(C(=O)OC)C1. The molecule has 0 aromatic carbocycles. The lowest BCUT2D eigenvalue weighted by Gasteiger charge is -2.24. The van der Waals surface area contributed by atoms with Crippen LogP contribution in [0.1, 0.15) is 26.7 Å². The third kappa shape index (κ3) is 3.93. The van der Waals surface area contributed by atoms with Crippen molar-refractivity contribution < 1.29 is 19.1 Å². The fourth-order valence-corrected chi connectivity index (χ4v) is 2.28. The smallest absolute Gasteiger partial charge is 0.334 e. The predicted octanol–water partition coefficient (Wildman–Crippen LogP) is 1.69. The van der Waals surface area contributed by atoms with Gasteiger partial charge in [0.1, 0.15) is 0 Å². The maximum absolute atomic E-state index is 11.8. The van der Waals surface area contributed by atoms with E-state index in [1.54, 1.807) is 0 Å². The Morgan fingerprint density at radius 3 is 2.15 bits per heavy atom. The van der Waals surface area contributed by atoms with Crippen molar-refractivity contribution in [1.29, 1.82) is 0 Å². The van der Waals surface area contributed by atoms with Crippen LogP contribution in [0, 0.1) is 0 Å². The van der Waals surface area contributed by atoms with Crippen molar-refractivity contribution in [2.45, 2.75) is 26.7 Å². The maximum Gasteiger partial charge on any atom is 0.334 e. The third-order valence-electron chi connectivity index (χ3n) is 3.55. The predicted molar refractivity (Wildman–Crippen MR) is 76.2 cm³/mol. The molecule has 0 aliphatic heterocycles. The Morgan fingerprint density at radius 2 is 1.65 bits per heavy atom. The number of carbonyl (C=O) groups excluding carboxylic acids is 2. The molecule has 20 heavy (non-hydrogen) atoms. The van der Waals surface area contributed by atoms with Crippen molar-refractivity contribution in [3.8, 4) is 0 Å². The molecule has 0 spiro atoms. The van der Waals surface area contributed by atoms with E-state index in [0.29, 0.717) is 24.0 Å². The van der Waals surface area contributed by atoms with Crippen LogP contribution in [0.3, 0.4) is 0 Å². The third-order valence-corrected chi connectivity index (χ3v) is 3.55. The molecule has 0 fully saturated rings. The van der Waals surface area contributed by atoms with Gasteiger partial charge in [0.2, 0.25) is 0 Å². The van der Waals surface area contributed by atoms with E-state index >= 15 is 0 Å². The Labute approximate surface area is 120 Å². The molecular weight excluding hydrogens is 258 g/mol. The van der Waals surface area contributed by atoms with E-state index in [2.05, 4.69) is 18.7 Å². The normalized spacial score (nSPS) is 15.2. The minimum absolute atomic E-state index is 0.405. The summed E-state index contributed by atoms with van der Waals surface area (Å²) in [6.45, 7) is 6.92. The Kier molecular flexibility index (Phi) is 6.45. The quantitative estimate of drug-likeness (QED) is 0.548. The van der Waals surface area contributed by atoms with Crippen molar-refractivity contribution in [3.05, 3.63) is 22.8 Å². The zero-order chi connectivity index (χ0) is 15.1. The first-order valence-corrected chi connectivity index (χ1v) is 6.86. The molecule has 0 saturated heterocycles. The van der Waals surface area contributed by atoms with Crippen LogP contribution in [0.5, 0.6) is 0 Å². The van der Waals surface area contributed by atoms with Gasteiger partial charge in [0.15, 0.2) is 0 Å². The van der Waals surface area contributed by atoms with Gasteiger partial charge in [-0.2, -0.15) is 0 Å². The van der Waals surface area contributed by atoms with Gasteiger partial charge in [-0.3, -0.25) is 4.90 Å². The molecule has 0 aromatic heterocycles. The molecule has 0 N–H and O–H groups in total. The first-order valence-electron chi connectivity index (χ1n) is 6.86. The Morgan fingerprint density at radius 1 is 1.10 bits per heavy atom. The number of methoxy groups -OCH3 is 2. The minimum Gasteiger partial charge on any atom is -0.466 e. The van der Waals surface area contributed by atoms with Gasteiger partial charge in [-0.1, -0.05) is 25.5 Å². The summed E-state index contributed by atoms with van der Waals surface area (Å²) in [5.74, 6) is -0.904. The summed E-state index contributed by atoms with van der Waals surface area (Å²) >= 11 is 0. The van der Waals surface area contributed by atoms with Crippen LogP contribution in [0.15, 0.2) is 22.8 Å². The largest absolute Gasteiger partial charge is 0.466 e. The molecular formula is C15H23NO4. The van der Waals surface area contributed by atoms with Crippen LogP contribution in [-0.4, -0.2) is 50.7 Å². The molecule has 1 aliphatic rings. The lowest BCUT2D eigenvalue weighted by Crippen LogP contribution is -2.27. The number of ether oxygens (including phenoxy) is 2. The molecule has 0 atom stereocenters. The van der Waals surface area contributed by atoms with E-state index in [1.807, 2.05) is 6.08 Å². The summed E-state index contributed by atoms with van der Waals surface area (Å²) in [7, 11) is 2.64. The summed E-state index contributed by atoms with van der Waals surface area (Å²) in [4.78, 5) is 25.8. The number of likely N-dealkylation sites (N-methyl/N-ethyl adjacent to an activating group) is 1. The fraction of sp³-hybridized carbons (Fsp3) is 0.600. The molecule has 112 valence electrons. The topological polar surface area (TPSA) is 55.8 Å². The Bertz CT molecular complexity index is 433. The van der Waals surface area contributed by atoms with Crippen molar-refractivity contribution >= 4 is 11.9 Å². The van der Waals surface area contributed by atoms with Crippen LogP contribution in [0.4, 0.5) is 0 Å². The summed E-state index contributed by atoms with van der Waals surface area (Å²) in [6, 6.07) is 0. The van der Waals surface area contributed by atoms with E-state index in [9.17, 15) is 9.59 Å². The molecule has 0 amide bonds. The Balaban J connectivity index is 2.90. The van der Waals surface area contributed by atoms with Crippen LogP contribution in [0.25, 0.3) is 0 Å². The van der Waals surface area contributed by atoms with Crippen molar-refractivity contribution in [3.63, 3.8) is 0 Å². The summed E-state index contributed by atoms with van der Waals surface area (Å²) in [5.41, 5.74) is 1.97. The van der Waals surface area contributed by atoms with Crippen molar-refractivity contribution in [2.75, 3.05) is 33.9 Å². The van der Waals surface area contributed by atoms with E-state index in [0.717, 1.165) is 25.2 Å². The molecule has 0 bridgehead atoms. The number of esters is 2. The second-order valence-electron chi connectivity index (χ2n) is 4.64. The summed E-state index contributed by atoms with van der Waals surface area (Å²) in [6.07, 6.45) is 2.89. The van der Waals surface area contributed by atoms with Crippen molar-refractivity contribution in [2.24, 2.45) is 0 Å². The van der Waals surface area contributed by atoms with Crippen LogP contribution in [-0.2, 0) is 19.1 Å². The molecule has 1 aliphatic carbocycles. The standard InChI is InChI=1S/C15H23NO4/c1-5-16(6-2)10-11-7-8-12(14(17)19-3)13(9-11)15(18)20-4/h7H,5-6,8-10H2,1-4H3. The van der Waals surface area contributed by atoms with E-state index in [4.69, 9.17) is 9.47 Å². The molecule has 0 radical (unpaired) electrons. The number of nitrogens with zero attached hydrogens (tertiary/aromatic N) is 1. The average Bonchev–Trinajstić information content (AvgIpc) is 2.50. The van der Waals surface area contributed by atoms with Gasteiger partial charge in [0.05, 0.1) is 25.4 Å². The van der Waals surface area contributed by atoms with E-state index in [-0.39, 0.29) is 0 Å². The molecule has 0 unspecified atom stereocenters. The highest BCUT2D eigenvalue weighted by atomic mass is 16.5. The van der Waals surface area contributed by atoms with E-state index in [1.165, 1.54) is 14.2 Å². The first-order chi connectivity index (χ1) is 9.57. The number of rotatable bonds is 6. The van der Waals surface area contributed by atoms with Gasteiger partial charge < -0.3 is 9.47 Å². The minimum atomic E-state index is -0.455. The molecule has 5 heteroatoms. The van der Waals surface area contributed by atoms with Crippen LogP contribution in [0.2, 0.25) is 0 Å². The highest BCUT2D eigenvalue weighted by Crippen LogP contribution is 2.27. The fourth-order valence-electron chi connectivity index (χ4n) is 2.28. The average molecular weight is 281 g/mol. The van der Waals surface area contributed by atoms with Crippen LogP contribution < -0.4 is 0 Å². The Hall–Kier alpha value is -1.62. The number of carbonyl (C=O) groups is 2. The summed E-state index contributed by atoms with van der Waals surface area (Å²) in [5, 5.41) is 0. The zero-order valence-corrected chi connectivity index (χ0v) is 12.7. The molecule has 0 saturated carbocycles. The van der Waals surface area contributed by atoms with E-state index < -0.39 is 11.9 Å². The second-order valence-corrected chi connectivity index (χ2v) is 4.64.